The van der Waals surface area contributed by atoms with E-state index in [-0.39, 0.29) is 11.8 Å². The molecule has 2 aromatic carbocycles. The van der Waals surface area contributed by atoms with E-state index >= 15 is 0 Å². The van der Waals surface area contributed by atoms with Gasteiger partial charge < -0.3 is 14.5 Å². The maximum Gasteiger partial charge on any atom is 0.254 e. The van der Waals surface area contributed by atoms with Gasteiger partial charge in [-0.1, -0.05) is 51.3 Å². The third kappa shape index (κ3) is 5.99. The first-order valence-corrected chi connectivity index (χ1v) is 13.0. The van der Waals surface area contributed by atoms with Gasteiger partial charge in [-0.15, -0.1) is 0 Å². The molecule has 182 valence electrons. The molecule has 0 saturated heterocycles. The molecule has 0 fully saturated rings. The van der Waals surface area contributed by atoms with Crippen molar-refractivity contribution in [2.45, 2.75) is 71.8 Å². The number of hydrogen-bond donors (Lipinski definition) is 0. The van der Waals surface area contributed by atoms with Crippen molar-refractivity contribution in [3.63, 3.8) is 0 Å². The lowest BCUT2D eigenvalue weighted by Gasteiger charge is -2.30. The second kappa shape index (κ2) is 11.5. The summed E-state index contributed by atoms with van der Waals surface area (Å²) in [5, 5.41) is 0. The number of rotatable bonds is 3. The summed E-state index contributed by atoms with van der Waals surface area (Å²) in [6, 6.07) is 14.0. The van der Waals surface area contributed by atoms with Crippen LogP contribution in [0.15, 0.2) is 42.5 Å². The van der Waals surface area contributed by atoms with Crippen LogP contribution in [0.2, 0.25) is 0 Å². The Morgan fingerprint density at radius 1 is 0.912 bits per heavy atom. The fourth-order valence-electron chi connectivity index (χ4n) is 4.98. The van der Waals surface area contributed by atoms with Crippen LogP contribution >= 0.6 is 0 Å². The Bertz CT molecular complexity index is 1000. The number of carbonyl (C=O) groups is 2. The SMILES string of the molecule is CC(C)CC(=O)N1CCCCCCCN(C(=O)c2ccc3c(c2)CCCO3)Cc2ccccc21. The van der Waals surface area contributed by atoms with Gasteiger partial charge in [0, 0.05) is 37.3 Å². The van der Waals surface area contributed by atoms with Gasteiger partial charge in [0.25, 0.3) is 5.91 Å². The maximum atomic E-state index is 13.7. The van der Waals surface area contributed by atoms with E-state index in [0.29, 0.717) is 18.9 Å². The molecule has 0 aromatic heterocycles. The molecular formula is C29H38N2O3. The second-order valence-electron chi connectivity index (χ2n) is 10.0. The number of nitrogens with zero attached hydrogens (tertiary/aromatic N) is 2. The fraction of sp³-hybridized carbons (Fsp3) is 0.517. The molecule has 0 N–H and O–H groups in total. The molecule has 2 amide bonds. The van der Waals surface area contributed by atoms with Crippen LogP contribution in [-0.2, 0) is 17.8 Å². The first kappa shape index (κ1) is 24.3. The number of amides is 2. The highest BCUT2D eigenvalue weighted by Crippen LogP contribution is 2.28. The topological polar surface area (TPSA) is 49.9 Å². The Balaban J connectivity index is 1.63. The summed E-state index contributed by atoms with van der Waals surface area (Å²) in [6.45, 7) is 6.89. The Labute approximate surface area is 204 Å². The van der Waals surface area contributed by atoms with E-state index in [9.17, 15) is 9.59 Å². The van der Waals surface area contributed by atoms with Gasteiger partial charge in [-0.25, -0.2) is 0 Å². The molecule has 5 heteroatoms. The summed E-state index contributed by atoms with van der Waals surface area (Å²) < 4.78 is 5.74. The van der Waals surface area contributed by atoms with E-state index < -0.39 is 0 Å². The van der Waals surface area contributed by atoms with Crippen LogP contribution in [0.4, 0.5) is 5.69 Å². The highest BCUT2D eigenvalue weighted by atomic mass is 16.5. The monoisotopic (exact) mass is 462 g/mol. The van der Waals surface area contributed by atoms with Crippen molar-refractivity contribution in [3.8, 4) is 5.75 Å². The molecule has 0 spiro atoms. The standard InChI is InChI=1S/C29H38N2O3/c1-22(2)19-28(32)31-17-9-5-3-4-8-16-30(21-25-11-6-7-13-26(25)31)29(33)24-14-15-27-23(20-24)12-10-18-34-27/h6-7,11,13-15,20,22H,3-5,8-10,12,16-19,21H2,1-2H3. The van der Waals surface area contributed by atoms with Gasteiger partial charge in [-0.2, -0.15) is 0 Å². The normalized spacial score (nSPS) is 17.1. The summed E-state index contributed by atoms with van der Waals surface area (Å²) in [4.78, 5) is 30.8. The zero-order valence-electron chi connectivity index (χ0n) is 20.7. The number of anilines is 1. The molecule has 0 aliphatic carbocycles. The summed E-state index contributed by atoms with van der Waals surface area (Å²) >= 11 is 0. The summed E-state index contributed by atoms with van der Waals surface area (Å²) in [6.07, 6.45) is 7.82. The van der Waals surface area contributed by atoms with Gasteiger partial charge in [0.05, 0.1) is 6.61 Å². The number of fused-ring (bicyclic) bond motifs is 2. The lowest BCUT2D eigenvalue weighted by atomic mass is 10.0. The zero-order chi connectivity index (χ0) is 23.9. The van der Waals surface area contributed by atoms with Crippen molar-refractivity contribution in [2.75, 3.05) is 24.6 Å². The van der Waals surface area contributed by atoms with Crippen molar-refractivity contribution < 1.29 is 14.3 Å². The zero-order valence-corrected chi connectivity index (χ0v) is 20.7. The number of benzene rings is 2. The summed E-state index contributed by atoms with van der Waals surface area (Å²) in [7, 11) is 0. The van der Waals surface area contributed by atoms with E-state index in [1.165, 1.54) is 0 Å². The number of aryl methyl sites for hydroxylation is 1. The van der Waals surface area contributed by atoms with Gasteiger partial charge in [0.2, 0.25) is 5.91 Å². The van der Waals surface area contributed by atoms with Crippen LogP contribution in [0.3, 0.4) is 0 Å². The highest BCUT2D eigenvalue weighted by molar-refractivity contribution is 5.96. The predicted molar refractivity (Wildman–Crippen MR) is 136 cm³/mol. The van der Waals surface area contributed by atoms with E-state index in [1.807, 2.05) is 46.2 Å². The molecular weight excluding hydrogens is 424 g/mol. The molecule has 0 bridgehead atoms. The van der Waals surface area contributed by atoms with Gasteiger partial charge in [0.1, 0.15) is 5.75 Å². The largest absolute Gasteiger partial charge is 0.493 e. The predicted octanol–water partition coefficient (Wildman–Crippen LogP) is 6.00. The van der Waals surface area contributed by atoms with E-state index in [1.54, 1.807) is 0 Å². The molecule has 0 atom stereocenters. The molecule has 0 radical (unpaired) electrons. The second-order valence-corrected chi connectivity index (χ2v) is 10.0. The number of para-hydroxylation sites is 1. The van der Waals surface area contributed by atoms with Gasteiger partial charge in [-0.05, 0) is 67.0 Å². The van der Waals surface area contributed by atoms with E-state index in [2.05, 4.69) is 19.9 Å². The Morgan fingerprint density at radius 2 is 1.68 bits per heavy atom. The van der Waals surface area contributed by atoms with Crippen molar-refractivity contribution in [2.24, 2.45) is 5.92 Å². The van der Waals surface area contributed by atoms with Crippen LogP contribution in [0.1, 0.15) is 80.3 Å². The average Bonchev–Trinajstić information content (AvgIpc) is 2.83. The minimum absolute atomic E-state index is 0.0558. The number of hydrogen-bond acceptors (Lipinski definition) is 3. The maximum absolute atomic E-state index is 13.7. The molecule has 34 heavy (non-hydrogen) atoms. The van der Waals surface area contributed by atoms with Crippen LogP contribution in [0, 0.1) is 5.92 Å². The Morgan fingerprint density at radius 3 is 2.50 bits per heavy atom. The fourth-order valence-corrected chi connectivity index (χ4v) is 4.98. The molecule has 2 aliphatic rings. The van der Waals surface area contributed by atoms with Crippen LogP contribution < -0.4 is 9.64 Å². The average molecular weight is 463 g/mol. The minimum atomic E-state index is 0.0558. The van der Waals surface area contributed by atoms with Crippen LogP contribution in [-0.4, -0.2) is 36.4 Å². The van der Waals surface area contributed by atoms with Gasteiger partial charge in [0.15, 0.2) is 0 Å². The number of carbonyl (C=O) groups excluding carboxylic acids is 2. The van der Waals surface area contributed by atoms with Crippen molar-refractivity contribution in [3.05, 3.63) is 59.2 Å². The lowest BCUT2D eigenvalue weighted by Crippen LogP contribution is -2.36. The smallest absolute Gasteiger partial charge is 0.254 e. The summed E-state index contributed by atoms with van der Waals surface area (Å²) in [5.41, 5.74) is 3.83. The summed E-state index contributed by atoms with van der Waals surface area (Å²) in [5.74, 6) is 1.45. The highest BCUT2D eigenvalue weighted by Gasteiger charge is 2.24. The van der Waals surface area contributed by atoms with Crippen molar-refractivity contribution in [1.29, 1.82) is 0 Å². The Kier molecular flexibility index (Phi) is 8.25. The van der Waals surface area contributed by atoms with Crippen molar-refractivity contribution in [1.82, 2.24) is 4.90 Å². The quantitative estimate of drug-likeness (QED) is 0.562. The van der Waals surface area contributed by atoms with Crippen molar-refractivity contribution >= 4 is 17.5 Å². The van der Waals surface area contributed by atoms with E-state index in [0.717, 1.165) is 92.8 Å². The third-order valence-electron chi connectivity index (χ3n) is 6.78. The first-order valence-electron chi connectivity index (χ1n) is 13.0. The minimum Gasteiger partial charge on any atom is -0.493 e. The van der Waals surface area contributed by atoms with E-state index in [4.69, 9.17) is 4.74 Å². The van der Waals surface area contributed by atoms with Gasteiger partial charge in [-0.3, -0.25) is 9.59 Å². The molecule has 0 saturated carbocycles. The third-order valence-corrected chi connectivity index (χ3v) is 6.78. The first-order chi connectivity index (χ1) is 16.5. The molecule has 5 nitrogen and oxygen atoms in total. The number of ether oxygens (including phenoxy) is 1. The Hall–Kier alpha value is -2.82. The molecule has 2 heterocycles. The molecule has 2 aromatic rings. The van der Waals surface area contributed by atoms with Gasteiger partial charge >= 0.3 is 0 Å². The molecule has 0 unspecified atom stereocenters. The van der Waals surface area contributed by atoms with Crippen LogP contribution in [0.5, 0.6) is 5.75 Å². The molecule has 4 rings (SSSR count). The van der Waals surface area contributed by atoms with Crippen LogP contribution in [0.25, 0.3) is 0 Å². The lowest BCUT2D eigenvalue weighted by molar-refractivity contribution is -0.119. The molecule has 2 aliphatic heterocycles.